The predicted molar refractivity (Wildman–Crippen MR) is 70.1 cm³/mol. The summed E-state index contributed by atoms with van der Waals surface area (Å²) in [6.07, 6.45) is 0.767. The number of thiophene rings is 1. The Balaban J connectivity index is 2.21. The average Bonchev–Trinajstić information content (AvgIpc) is 2.97. The first-order valence-corrected chi connectivity index (χ1v) is 6.77. The minimum absolute atomic E-state index is 0.0282. The Hall–Kier alpha value is -1.40. The number of hydrogen-bond acceptors (Lipinski definition) is 5. The maximum atomic E-state index is 12.2. The fourth-order valence-corrected chi connectivity index (χ4v) is 2.93. The molecule has 0 aliphatic carbocycles. The number of esters is 1. The Kier molecular flexibility index (Phi) is 3.98. The number of methoxy groups -OCH3 is 1. The van der Waals surface area contributed by atoms with E-state index in [1.165, 1.54) is 18.4 Å². The van der Waals surface area contributed by atoms with Crippen molar-refractivity contribution in [1.29, 1.82) is 0 Å². The molecule has 0 saturated carbocycles. The first kappa shape index (κ1) is 13.0. The van der Waals surface area contributed by atoms with Crippen LogP contribution >= 0.6 is 11.3 Å². The highest BCUT2D eigenvalue weighted by Gasteiger charge is 2.34. The van der Waals surface area contributed by atoms with Crippen LogP contribution in [0.4, 0.5) is 5.69 Å². The van der Waals surface area contributed by atoms with Gasteiger partial charge in [0, 0.05) is 6.54 Å². The number of rotatable bonds is 4. The third kappa shape index (κ3) is 2.26. The maximum Gasteiger partial charge on any atom is 0.350 e. The number of hydrogen-bond donors (Lipinski definition) is 1. The quantitative estimate of drug-likeness (QED) is 0.835. The van der Waals surface area contributed by atoms with Crippen LogP contribution in [0.2, 0.25) is 0 Å². The second-order valence-corrected chi connectivity index (χ2v) is 4.93. The highest BCUT2D eigenvalue weighted by Crippen LogP contribution is 2.30. The van der Waals surface area contributed by atoms with Crippen molar-refractivity contribution in [3.63, 3.8) is 0 Å². The molecule has 1 amide bonds. The number of anilines is 1. The molecular weight excluding hydrogens is 252 g/mol. The van der Waals surface area contributed by atoms with E-state index in [-0.39, 0.29) is 17.9 Å². The van der Waals surface area contributed by atoms with Gasteiger partial charge in [-0.3, -0.25) is 4.79 Å². The summed E-state index contributed by atoms with van der Waals surface area (Å²) in [6, 6.07) is 1.66. The van der Waals surface area contributed by atoms with Crippen LogP contribution in [0.25, 0.3) is 0 Å². The molecule has 1 fully saturated rings. The zero-order valence-electron chi connectivity index (χ0n) is 10.4. The number of carbonyl (C=O) groups is 2. The van der Waals surface area contributed by atoms with Crippen molar-refractivity contribution >= 4 is 28.9 Å². The Bertz CT molecular complexity index is 458. The number of nitrogens with zero attached hydrogens (tertiary/aromatic N) is 1. The van der Waals surface area contributed by atoms with Crippen molar-refractivity contribution < 1.29 is 14.3 Å². The van der Waals surface area contributed by atoms with Gasteiger partial charge in [0.25, 0.3) is 0 Å². The van der Waals surface area contributed by atoms with Gasteiger partial charge in [0.15, 0.2) is 0 Å². The van der Waals surface area contributed by atoms with Crippen LogP contribution in [0.15, 0.2) is 11.4 Å². The predicted octanol–water partition coefficient (Wildman–Crippen LogP) is 1.25. The Morgan fingerprint density at radius 1 is 1.67 bits per heavy atom. The standard InChI is InChI=1S/C12H16N2O3S/c1-3-13-8-4-6-14(11(8)15)9-5-7-18-10(9)12(16)17-2/h5,7-8,13H,3-4,6H2,1-2H3. The van der Waals surface area contributed by atoms with E-state index in [1.54, 1.807) is 16.3 Å². The van der Waals surface area contributed by atoms with Crippen molar-refractivity contribution in [2.75, 3.05) is 25.1 Å². The lowest BCUT2D eigenvalue weighted by Gasteiger charge is -2.16. The first-order valence-electron chi connectivity index (χ1n) is 5.89. The van der Waals surface area contributed by atoms with Crippen molar-refractivity contribution in [2.45, 2.75) is 19.4 Å². The summed E-state index contributed by atoms with van der Waals surface area (Å²) in [6.45, 7) is 3.37. The Labute approximate surface area is 110 Å². The number of nitrogens with one attached hydrogen (secondary N) is 1. The van der Waals surface area contributed by atoms with Gasteiger partial charge < -0.3 is 15.0 Å². The van der Waals surface area contributed by atoms with Gasteiger partial charge >= 0.3 is 5.97 Å². The molecule has 1 aromatic rings. The number of carbonyl (C=O) groups excluding carboxylic acids is 2. The van der Waals surface area contributed by atoms with E-state index < -0.39 is 0 Å². The summed E-state index contributed by atoms with van der Waals surface area (Å²) < 4.78 is 4.72. The summed E-state index contributed by atoms with van der Waals surface area (Å²) in [5, 5.41) is 4.95. The van der Waals surface area contributed by atoms with Crippen LogP contribution in [0.5, 0.6) is 0 Å². The third-order valence-corrected chi connectivity index (χ3v) is 3.85. The molecule has 5 nitrogen and oxygen atoms in total. The minimum atomic E-state index is -0.389. The first-order chi connectivity index (χ1) is 8.69. The minimum Gasteiger partial charge on any atom is -0.465 e. The zero-order valence-corrected chi connectivity index (χ0v) is 11.3. The zero-order chi connectivity index (χ0) is 13.1. The summed E-state index contributed by atoms with van der Waals surface area (Å²) in [5.74, 6) is -0.361. The third-order valence-electron chi connectivity index (χ3n) is 2.96. The van der Waals surface area contributed by atoms with E-state index in [0.717, 1.165) is 13.0 Å². The number of amides is 1. The molecule has 0 spiro atoms. The van der Waals surface area contributed by atoms with Gasteiger partial charge in [-0.1, -0.05) is 6.92 Å². The normalized spacial score (nSPS) is 19.3. The van der Waals surface area contributed by atoms with Crippen LogP contribution in [0.3, 0.4) is 0 Å². The monoisotopic (exact) mass is 268 g/mol. The molecule has 1 saturated heterocycles. The number of ether oxygens (including phenoxy) is 1. The van der Waals surface area contributed by atoms with E-state index >= 15 is 0 Å². The van der Waals surface area contributed by atoms with Gasteiger partial charge in [0.2, 0.25) is 5.91 Å². The smallest absolute Gasteiger partial charge is 0.350 e. The lowest BCUT2D eigenvalue weighted by Crippen LogP contribution is -2.38. The van der Waals surface area contributed by atoms with Gasteiger partial charge in [-0.25, -0.2) is 4.79 Å². The van der Waals surface area contributed by atoms with Gasteiger partial charge in [0.05, 0.1) is 18.8 Å². The Morgan fingerprint density at radius 2 is 2.44 bits per heavy atom. The van der Waals surface area contributed by atoms with E-state index in [1.807, 2.05) is 6.92 Å². The van der Waals surface area contributed by atoms with Crippen LogP contribution in [-0.4, -0.2) is 38.1 Å². The van der Waals surface area contributed by atoms with Crippen molar-refractivity contribution in [2.24, 2.45) is 0 Å². The van der Waals surface area contributed by atoms with E-state index in [9.17, 15) is 9.59 Å². The molecule has 1 N–H and O–H groups in total. The summed E-state index contributed by atoms with van der Waals surface area (Å²) in [5.41, 5.74) is 0.664. The molecule has 18 heavy (non-hydrogen) atoms. The van der Waals surface area contributed by atoms with Gasteiger partial charge in [-0.15, -0.1) is 11.3 Å². The van der Waals surface area contributed by atoms with Crippen LogP contribution in [0, 0.1) is 0 Å². The highest BCUT2D eigenvalue weighted by molar-refractivity contribution is 7.12. The van der Waals surface area contributed by atoms with E-state index in [0.29, 0.717) is 17.1 Å². The van der Waals surface area contributed by atoms with Gasteiger partial charge in [-0.2, -0.15) is 0 Å². The molecule has 1 atom stereocenters. The second-order valence-electron chi connectivity index (χ2n) is 4.02. The second kappa shape index (κ2) is 5.49. The molecule has 0 radical (unpaired) electrons. The molecule has 6 heteroatoms. The molecule has 1 aliphatic rings. The van der Waals surface area contributed by atoms with Crippen LogP contribution < -0.4 is 10.2 Å². The van der Waals surface area contributed by atoms with Crippen molar-refractivity contribution in [1.82, 2.24) is 5.32 Å². The van der Waals surface area contributed by atoms with Gasteiger partial charge in [-0.05, 0) is 24.4 Å². The lowest BCUT2D eigenvalue weighted by atomic mass is 10.2. The van der Waals surface area contributed by atoms with Gasteiger partial charge in [0.1, 0.15) is 4.88 Å². The van der Waals surface area contributed by atoms with E-state index in [4.69, 9.17) is 4.74 Å². The molecule has 1 aliphatic heterocycles. The van der Waals surface area contributed by atoms with Crippen molar-refractivity contribution in [3.05, 3.63) is 16.3 Å². The molecule has 2 heterocycles. The fraction of sp³-hybridized carbons (Fsp3) is 0.500. The highest BCUT2D eigenvalue weighted by atomic mass is 32.1. The molecule has 1 aromatic heterocycles. The van der Waals surface area contributed by atoms with E-state index in [2.05, 4.69) is 5.32 Å². The topological polar surface area (TPSA) is 58.6 Å². The number of likely N-dealkylation sites (N-methyl/N-ethyl adjacent to an activating group) is 1. The summed E-state index contributed by atoms with van der Waals surface area (Å²) in [7, 11) is 1.35. The van der Waals surface area contributed by atoms with Crippen LogP contribution in [-0.2, 0) is 9.53 Å². The molecule has 98 valence electrons. The average molecular weight is 268 g/mol. The molecule has 0 aromatic carbocycles. The molecule has 2 rings (SSSR count). The SMILES string of the molecule is CCNC1CCN(c2ccsc2C(=O)OC)C1=O. The lowest BCUT2D eigenvalue weighted by molar-refractivity contribution is -0.118. The largest absolute Gasteiger partial charge is 0.465 e. The van der Waals surface area contributed by atoms with Crippen molar-refractivity contribution in [3.8, 4) is 0 Å². The molecule has 1 unspecified atom stereocenters. The maximum absolute atomic E-state index is 12.2. The van der Waals surface area contributed by atoms with Crippen LogP contribution in [0.1, 0.15) is 23.0 Å². The summed E-state index contributed by atoms with van der Waals surface area (Å²) >= 11 is 1.30. The molecular formula is C12H16N2O3S. The Morgan fingerprint density at radius 3 is 3.11 bits per heavy atom. The fourth-order valence-electron chi connectivity index (χ4n) is 2.12. The summed E-state index contributed by atoms with van der Waals surface area (Å²) in [4.78, 5) is 25.9. The molecule has 0 bridgehead atoms.